The van der Waals surface area contributed by atoms with Gasteiger partial charge in [0, 0.05) is 6.61 Å². The molecule has 3 nitrogen and oxygen atoms in total. The molecule has 0 amide bonds. The number of ether oxygens (including phenoxy) is 2. The number of unbranched alkanes of at least 4 members (excludes halogenated alkanes) is 4. The minimum absolute atomic E-state index is 0.643. The first-order valence-corrected chi connectivity index (χ1v) is 8.53. The lowest BCUT2D eigenvalue weighted by Crippen LogP contribution is -2.11. The molecule has 4 heteroatoms. The lowest BCUT2D eigenvalue weighted by atomic mass is 10.3. The molecule has 0 saturated carbocycles. The lowest BCUT2D eigenvalue weighted by molar-refractivity contribution is 0.0356. The van der Waals surface area contributed by atoms with Crippen LogP contribution < -0.4 is 0 Å². The zero-order valence-electron chi connectivity index (χ0n) is 12.2. The van der Waals surface area contributed by atoms with Crippen molar-refractivity contribution in [1.29, 1.82) is 0 Å². The van der Waals surface area contributed by atoms with Crippen molar-refractivity contribution < 1.29 is 13.9 Å². The third-order valence-corrected chi connectivity index (χ3v) is 3.54. The average molecular weight is 274 g/mol. The van der Waals surface area contributed by atoms with Gasteiger partial charge in [-0.1, -0.05) is 46.0 Å². The zero-order chi connectivity index (χ0) is 13.3. The first-order chi connectivity index (χ1) is 8.91. The molecule has 0 bridgehead atoms. The van der Waals surface area contributed by atoms with E-state index in [1.54, 1.807) is 0 Å². The first kappa shape index (κ1) is 18.1. The van der Waals surface area contributed by atoms with Crippen LogP contribution >= 0.6 is 0 Å². The Morgan fingerprint density at radius 3 is 2.00 bits per heavy atom. The third kappa shape index (κ3) is 16.1. The summed E-state index contributed by atoms with van der Waals surface area (Å²) in [7, 11) is 0.643. The molecule has 2 radical (unpaired) electrons. The van der Waals surface area contributed by atoms with Gasteiger partial charge in [-0.3, -0.25) is 0 Å². The van der Waals surface area contributed by atoms with E-state index in [1.165, 1.54) is 44.6 Å². The van der Waals surface area contributed by atoms with Crippen molar-refractivity contribution in [2.45, 2.75) is 58.4 Å². The van der Waals surface area contributed by atoms with Crippen LogP contribution in [0, 0.1) is 0 Å². The summed E-state index contributed by atoms with van der Waals surface area (Å²) in [6.07, 6.45) is 7.57. The molecule has 0 rings (SSSR count). The second kappa shape index (κ2) is 17.1. The van der Waals surface area contributed by atoms with Gasteiger partial charge < -0.3 is 13.9 Å². The summed E-state index contributed by atoms with van der Waals surface area (Å²) in [6.45, 7) is 8.11. The van der Waals surface area contributed by atoms with Crippen LogP contribution in [0.15, 0.2) is 0 Å². The van der Waals surface area contributed by atoms with E-state index < -0.39 is 0 Å². The van der Waals surface area contributed by atoms with E-state index in [9.17, 15) is 0 Å². The molecule has 0 saturated heterocycles. The Balaban J connectivity index is 2.86. The van der Waals surface area contributed by atoms with Crippen molar-refractivity contribution in [3.05, 3.63) is 0 Å². The highest BCUT2D eigenvalue weighted by Gasteiger charge is 1.93. The van der Waals surface area contributed by atoms with Crippen molar-refractivity contribution in [2.75, 3.05) is 33.0 Å². The third-order valence-electron chi connectivity index (χ3n) is 2.58. The minimum Gasteiger partial charge on any atom is -0.415 e. The summed E-state index contributed by atoms with van der Waals surface area (Å²) in [4.78, 5) is 0. The summed E-state index contributed by atoms with van der Waals surface area (Å²) in [6, 6.07) is 1.20. The van der Waals surface area contributed by atoms with Gasteiger partial charge in [-0.05, 0) is 12.5 Å². The van der Waals surface area contributed by atoms with Gasteiger partial charge in [-0.15, -0.1) is 0 Å². The van der Waals surface area contributed by atoms with Gasteiger partial charge in [0.15, 0.2) is 0 Å². The first-order valence-electron chi connectivity index (χ1n) is 7.42. The summed E-state index contributed by atoms with van der Waals surface area (Å²) in [5.74, 6) is 0. The summed E-state index contributed by atoms with van der Waals surface area (Å²) in [5, 5.41) is 0. The molecule has 0 atom stereocenters. The fraction of sp³-hybridized carbons (Fsp3) is 1.00. The SMILES string of the molecule is CCCCCOCCOCCO[Si]CCCCC. The fourth-order valence-electron chi connectivity index (χ4n) is 1.47. The molecule has 0 aromatic heterocycles. The molecule has 108 valence electrons. The molecule has 18 heavy (non-hydrogen) atoms. The van der Waals surface area contributed by atoms with Gasteiger partial charge in [-0.25, -0.2) is 0 Å². The second-order valence-electron chi connectivity index (χ2n) is 4.38. The standard InChI is InChI=1S/C14H30O3Si/c1-3-5-7-9-15-10-11-16-12-13-17-18-14-8-6-4-2/h3-14H2,1-2H3. The Bertz CT molecular complexity index is 129. The van der Waals surface area contributed by atoms with Crippen LogP contribution in [0.5, 0.6) is 0 Å². The average Bonchev–Trinajstić information content (AvgIpc) is 2.39. The van der Waals surface area contributed by atoms with Crippen LogP contribution in [0.4, 0.5) is 0 Å². The van der Waals surface area contributed by atoms with Gasteiger partial charge in [-0.2, -0.15) is 0 Å². The predicted octanol–water partition coefficient (Wildman–Crippen LogP) is 3.45. The van der Waals surface area contributed by atoms with Crippen molar-refractivity contribution in [3.8, 4) is 0 Å². The molecular weight excluding hydrogens is 244 g/mol. The highest BCUT2D eigenvalue weighted by Crippen LogP contribution is 1.98. The molecular formula is C14H30O3Si. The van der Waals surface area contributed by atoms with Crippen LogP contribution in [-0.2, 0) is 13.9 Å². The lowest BCUT2D eigenvalue weighted by Gasteiger charge is -2.06. The molecule has 0 aliphatic rings. The Morgan fingerprint density at radius 2 is 1.28 bits per heavy atom. The second-order valence-corrected chi connectivity index (χ2v) is 5.46. The smallest absolute Gasteiger partial charge is 0.229 e. The molecule has 0 spiro atoms. The Hall–Kier alpha value is 0.0969. The largest absolute Gasteiger partial charge is 0.415 e. The van der Waals surface area contributed by atoms with Gasteiger partial charge in [0.1, 0.15) is 0 Å². The Kier molecular flexibility index (Phi) is 17.2. The molecule has 0 aliphatic carbocycles. The molecule has 0 unspecified atom stereocenters. The van der Waals surface area contributed by atoms with E-state index >= 15 is 0 Å². The van der Waals surface area contributed by atoms with Gasteiger partial charge in [0.05, 0.1) is 26.4 Å². The molecule has 0 fully saturated rings. The van der Waals surface area contributed by atoms with Crippen LogP contribution in [0.25, 0.3) is 0 Å². The van der Waals surface area contributed by atoms with E-state index in [4.69, 9.17) is 13.9 Å². The van der Waals surface area contributed by atoms with E-state index in [0.717, 1.165) is 13.2 Å². The number of hydrogen-bond donors (Lipinski definition) is 0. The van der Waals surface area contributed by atoms with Crippen LogP contribution in [-0.4, -0.2) is 42.8 Å². The van der Waals surface area contributed by atoms with E-state index in [0.29, 0.717) is 29.6 Å². The van der Waals surface area contributed by atoms with Crippen molar-refractivity contribution in [3.63, 3.8) is 0 Å². The molecule has 0 N–H and O–H groups in total. The highest BCUT2D eigenvalue weighted by molar-refractivity contribution is 6.26. The molecule has 0 aromatic carbocycles. The summed E-state index contributed by atoms with van der Waals surface area (Å²) in [5.41, 5.74) is 0. The molecule has 0 aromatic rings. The number of rotatable bonds is 15. The topological polar surface area (TPSA) is 27.7 Å². The quantitative estimate of drug-likeness (QED) is 0.338. The van der Waals surface area contributed by atoms with E-state index in [-0.39, 0.29) is 0 Å². The predicted molar refractivity (Wildman–Crippen MR) is 77.2 cm³/mol. The van der Waals surface area contributed by atoms with Crippen molar-refractivity contribution in [2.24, 2.45) is 0 Å². The monoisotopic (exact) mass is 274 g/mol. The van der Waals surface area contributed by atoms with E-state index in [1.807, 2.05) is 0 Å². The maximum absolute atomic E-state index is 5.50. The van der Waals surface area contributed by atoms with Gasteiger partial charge in [0.2, 0.25) is 9.76 Å². The van der Waals surface area contributed by atoms with Crippen LogP contribution in [0.1, 0.15) is 52.4 Å². The summed E-state index contributed by atoms with van der Waals surface area (Å²) >= 11 is 0. The Labute approximate surface area is 116 Å². The van der Waals surface area contributed by atoms with E-state index in [2.05, 4.69) is 13.8 Å². The fourth-order valence-corrected chi connectivity index (χ4v) is 2.23. The summed E-state index contributed by atoms with van der Waals surface area (Å²) < 4.78 is 16.4. The van der Waals surface area contributed by atoms with Crippen molar-refractivity contribution >= 4 is 9.76 Å². The van der Waals surface area contributed by atoms with Crippen LogP contribution in [0.2, 0.25) is 6.04 Å². The molecule has 0 heterocycles. The Morgan fingerprint density at radius 1 is 0.667 bits per heavy atom. The van der Waals surface area contributed by atoms with Crippen LogP contribution in [0.3, 0.4) is 0 Å². The maximum Gasteiger partial charge on any atom is 0.229 e. The zero-order valence-corrected chi connectivity index (χ0v) is 13.2. The highest BCUT2D eigenvalue weighted by atomic mass is 28.2. The molecule has 0 aliphatic heterocycles. The normalized spacial score (nSPS) is 11.0. The number of hydrogen-bond acceptors (Lipinski definition) is 3. The maximum atomic E-state index is 5.50. The minimum atomic E-state index is 0.643. The van der Waals surface area contributed by atoms with Gasteiger partial charge in [0.25, 0.3) is 0 Å². The van der Waals surface area contributed by atoms with Crippen molar-refractivity contribution in [1.82, 2.24) is 0 Å². The van der Waals surface area contributed by atoms with Gasteiger partial charge >= 0.3 is 0 Å².